The molecule has 0 aliphatic carbocycles. The first-order valence-corrected chi connectivity index (χ1v) is 5.91. The molecule has 13 heavy (non-hydrogen) atoms. The average molecular weight is 206 g/mol. The Morgan fingerprint density at radius 3 is 2.54 bits per heavy atom. The van der Waals surface area contributed by atoms with Crippen molar-refractivity contribution in [2.45, 2.75) is 13.8 Å². The van der Waals surface area contributed by atoms with Gasteiger partial charge < -0.3 is 15.6 Å². The van der Waals surface area contributed by atoms with Crippen LogP contribution in [0.4, 0.5) is 0 Å². The normalized spacial score (nSPS) is 13.9. The molecule has 0 aromatic carbocycles. The van der Waals surface area contributed by atoms with E-state index in [1.165, 1.54) is 0 Å². The lowest BCUT2D eigenvalue weighted by molar-refractivity contribution is -0.128. The van der Waals surface area contributed by atoms with Crippen molar-refractivity contribution in [3.05, 3.63) is 0 Å². The van der Waals surface area contributed by atoms with Crippen LogP contribution in [0.3, 0.4) is 0 Å². The standard InChI is InChI=1S/C8H18N2O2S/c1-8(2,6-9)7(11)10-4-5-13(3)12/h4-6,9H2,1-3H3,(H,10,11). The maximum atomic E-state index is 11.4. The lowest BCUT2D eigenvalue weighted by atomic mass is 9.93. The summed E-state index contributed by atoms with van der Waals surface area (Å²) in [5.41, 5.74) is 4.89. The molecule has 1 unspecified atom stereocenters. The van der Waals surface area contributed by atoms with E-state index in [0.717, 1.165) is 0 Å². The van der Waals surface area contributed by atoms with Crippen molar-refractivity contribution in [2.75, 3.05) is 25.1 Å². The molecule has 78 valence electrons. The fourth-order valence-electron chi connectivity index (χ4n) is 0.640. The highest BCUT2D eigenvalue weighted by atomic mass is 32.2. The Kier molecular flexibility index (Phi) is 5.36. The van der Waals surface area contributed by atoms with E-state index in [4.69, 9.17) is 5.73 Å². The Hall–Kier alpha value is -0.260. The molecule has 0 radical (unpaired) electrons. The number of carbonyl (C=O) groups excluding carboxylic acids is 1. The lowest BCUT2D eigenvalue weighted by Gasteiger charge is -2.21. The summed E-state index contributed by atoms with van der Waals surface area (Å²) in [6.45, 7) is 4.33. The van der Waals surface area contributed by atoms with Crippen LogP contribution in [-0.4, -0.2) is 35.6 Å². The summed E-state index contributed by atoms with van der Waals surface area (Å²) >= 11 is -0.857. The first kappa shape index (κ1) is 12.7. The van der Waals surface area contributed by atoms with E-state index in [1.807, 2.05) is 0 Å². The molecule has 4 nitrogen and oxygen atoms in total. The molecular weight excluding hydrogens is 188 g/mol. The molecule has 5 heteroatoms. The van der Waals surface area contributed by atoms with Gasteiger partial charge in [0.2, 0.25) is 5.91 Å². The van der Waals surface area contributed by atoms with E-state index < -0.39 is 16.6 Å². The molecule has 0 rings (SSSR count). The molecule has 0 saturated heterocycles. The molecule has 0 aromatic rings. The van der Waals surface area contributed by atoms with Crippen LogP contribution in [-0.2, 0) is 16.0 Å². The van der Waals surface area contributed by atoms with Crippen LogP contribution in [0.25, 0.3) is 0 Å². The third-order valence-corrected chi connectivity index (χ3v) is 2.58. The predicted octanol–water partition coefficient (Wildman–Crippen LogP) is -0.534. The number of hydrogen-bond donors (Lipinski definition) is 2. The Bertz CT molecular complexity index is 172. The molecule has 0 aromatic heterocycles. The second kappa shape index (κ2) is 5.47. The van der Waals surface area contributed by atoms with Crippen LogP contribution in [0, 0.1) is 5.41 Å². The number of nitrogens with one attached hydrogen (secondary N) is 1. The minimum Gasteiger partial charge on any atom is -0.617 e. The van der Waals surface area contributed by atoms with E-state index in [1.54, 1.807) is 20.1 Å². The first-order valence-electron chi connectivity index (χ1n) is 4.18. The zero-order valence-electron chi connectivity index (χ0n) is 8.42. The van der Waals surface area contributed by atoms with Gasteiger partial charge in [-0.25, -0.2) is 0 Å². The summed E-state index contributed by atoms with van der Waals surface area (Å²) in [6.07, 6.45) is 1.61. The topological polar surface area (TPSA) is 78.2 Å². The minimum absolute atomic E-state index is 0.0829. The molecule has 0 bridgehead atoms. The molecular formula is C8H18N2O2S. The zero-order valence-corrected chi connectivity index (χ0v) is 9.24. The van der Waals surface area contributed by atoms with Crippen LogP contribution in [0.2, 0.25) is 0 Å². The molecule has 0 heterocycles. The Morgan fingerprint density at radius 2 is 2.15 bits per heavy atom. The van der Waals surface area contributed by atoms with Gasteiger partial charge in [0.15, 0.2) is 0 Å². The van der Waals surface area contributed by atoms with Crippen molar-refractivity contribution < 1.29 is 9.35 Å². The minimum atomic E-state index is -0.857. The van der Waals surface area contributed by atoms with Crippen molar-refractivity contribution >= 4 is 17.1 Å². The summed E-state index contributed by atoms with van der Waals surface area (Å²) in [5, 5.41) is 2.69. The van der Waals surface area contributed by atoms with Crippen LogP contribution >= 0.6 is 0 Å². The summed E-state index contributed by atoms with van der Waals surface area (Å²) in [4.78, 5) is 11.4. The lowest BCUT2D eigenvalue weighted by Crippen LogP contribution is -2.43. The fourth-order valence-corrected chi connectivity index (χ4v) is 1.03. The number of rotatable bonds is 5. The van der Waals surface area contributed by atoms with E-state index in [9.17, 15) is 9.35 Å². The van der Waals surface area contributed by atoms with Crippen LogP contribution in [0.15, 0.2) is 0 Å². The molecule has 1 atom stereocenters. The Labute approximate surface area is 82.4 Å². The van der Waals surface area contributed by atoms with Crippen molar-refractivity contribution in [1.29, 1.82) is 0 Å². The molecule has 0 fully saturated rings. The highest BCUT2D eigenvalue weighted by Gasteiger charge is 2.25. The smallest absolute Gasteiger partial charge is 0.227 e. The molecule has 0 aliphatic heterocycles. The average Bonchev–Trinajstić information content (AvgIpc) is 2.03. The molecule has 1 amide bonds. The Balaban J connectivity index is 3.75. The van der Waals surface area contributed by atoms with Gasteiger partial charge in [0.05, 0.1) is 18.2 Å². The predicted molar refractivity (Wildman–Crippen MR) is 54.8 cm³/mol. The highest BCUT2D eigenvalue weighted by molar-refractivity contribution is 7.90. The van der Waals surface area contributed by atoms with Gasteiger partial charge in [0, 0.05) is 6.54 Å². The highest BCUT2D eigenvalue weighted by Crippen LogP contribution is 2.11. The third kappa shape index (κ3) is 5.13. The van der Waals surface area contributed by atoms with E-state index in [0.29, 0.717) is 18.8 Å². The number of hydrogen-bond acceptors (Lipinski definition) is 3. The number of carbonyl (C=O) groups is 1. The van der Waals surface area contributed by atoms with E-state index in [-0.39, 0.29) is 5.91 Å². The summed E-state index contributed by atoms with van der Waals surface area (Å²) in [6, 6.07) is 0. The van der Waals surface area contributed by atoms with Gasteiger partial charge >= 0.3 is 0 Å². The van der Waals surface area contributed by atoms with Crippen LogP contribution in [0.5, 0.6) is 0 Å². The van der Waals surface area contributed by atoms with Crippen molar-refractivity contribution in [2.24, 2.45) is 11.1 Å². The monoisotopic (exact) mass is 206 g/mol. The maximum Gasteiger partial charge on any atom is 0.227 e. The van der Waals surface area contributed by atoms with Crippen molar-refractivity contribution in [1.82, 2.24) is 5.32 Å². The van der Waals surface area contributed by atoms with Crippen LogP contribution < -0.4 is 11.1 Å². The fraction of sp³-hybridized carbons (Fsp3) is 0.875. The quantitative estimate of drug-likeness (QED) is 0.593. The van der Waals surface area contributed by atoms with Gasteiger partial charge in [-0.2, -0.15) is 0 Å². The van der Waals surface area contributed by atoms with E-state index in [2.05, 4.69) is 5.32 Å². The van der Waals surface area contributed by atoms with E-state index >= 15 is 0 Å². The Morgan fingerprint density at radius 1 is 1.62 bits per heavy atom. The summed E-state index contributed by atoms with van der Waals surface area (Å²) < 4.78 is 10.7. The third-order valence-electron chi connectivity index (χ3n) is 1.80. The first-order chi connectivity index (χ1) is 5.90. The van der Waals surface area contributed by atoms with Gasteiger partial charge in [-0.05, 0) is 13.8 Å². The van der Waals surface area contributed by atoms with Crippen LogP contribution in [0.1, 0.15) is 13.8 Å². The largest absolute Gasteiger partial charge is 0.617 e. The summed E-state index contributed by atoms with van der Waals surface area (Å²) in [5.74, 6) is 0.410. The maximum absolute atomic E-state index is 11.4. The van der Waals surface area contributed by atoms with Gasteiger partial charge in [-0.15, -0.1) is 0 Å². The van der Waals surface area contributed by atoms with Gasteiger partial charge in [-0.1, -0.05) is 11.2 Å². The second-order valence-electron chi connectivity index (χ2n) is 3.62. The SMILES string of the molecule is C[S+]([O-])CCNC(=O)C(C)(C)CN. The number of amides is 1. The molecule has 0 spiro atoms. The number of nitrogens with two attached hydrogens (primary N) is 1. The molecule has 3 N–H and O–H groups in total. The van der Waals surface area contributed by atoms with Crippen molar-refractivity contribution in [3.63, 3.8) is 0 Å². The molecule has 0 aliphatic rings. The molecule has 0 saturated carbocycles. The second-order valence-corrected chi connectivity index (χ2v) is 5.18. The van der Waals surface area contributed by atoms with Gasteiger partial charge in [-0.3, -0.25) is 4.79 Å². The van der Waals surface area contributed by atoms with Gasteiger partial charge in [0.25, 0.3) is 0 Å². The zero-order chi connectivity index (χ0) is 10.5. The van der Waals surface area contributed by atoms with Gasteiger partial charge in [0.1, 0.15) is 5.75 Å². The summed E-state index contributed by atoms with van der Waals surface area (Å²) in [7, 11) is 0. The van der Waals surface area contributed by atoms with Crippen molar-refractivity contribution in [3.8, 4) is 0 Å².